The number of likely N-dealkylation sites (tertiary alicyclic amines) is 1. The lowest BCUT2D eigenvalue weighted by molar-refractivity contribution is 0.177. The van der Waals surface area contributed by atoms with Crippen molar-refractivity contribution in [3.8, 4) is 23.3 Å². The molecule has 0 spiro atoms. The van der Waals surface area contributed by atoms with Crippen LogP contribution in [0.5, 0.6) is 23.3 Å². The van der Waals surface area contributed by atoms with Crippen LogP contribution in [-0.2, 0) is 6.54 Å². The van der Waals surface area contributed by atoms with Crippen LogP contribution in [0.15, 0.2) is 30.6 Å². The van der Waals surface area contributed by atoms with Gasteiger partial charge in [0.05, 0.1) is 27.9 Å². The van der Waals surface area contributed by atoms with E-state index in [4.69, 9.17) is 18.9 Å². The van der Waals surface area contributed by atoms with E-state index in [-0.39, 0.29) is 12.1 Å². The Hall–Kier alpha value is -3.23. The number of amides is 2. The highest BCUT2D eigenvalue weighted by Crippen LogP contribution is 2.27. The average Bonchev–Trinajstić information content (AvgIpc) is 3.20. The van der Waals surface area contributed by atoms with Crippen molar-refractivity contribution in [1.82, 2.24) is 20.2 Å². The van der Waals surface area contributed by atoms with E-state index >= 15 is 0 Å². The second-order valence-electron chi connectivity index (χ2n) is 6.19. The second-order valence-corrected chi connectivity index (χ2v) is 6.19. The Morgan fingerprint density at radius 1 is 1.11 bits per heavy atom. The van der Waals surface area contributed by atoms with Crippen LogP contribution in [0.4, 0.5) is 4.79 Å². The molecule has 1 atom stereocenters. The molecule has 1 aromatic heterocycles. The van der Waals surface area contributed by atoms with Gasteiger partial charge in [-0.15, -0.1) is 0 Å². The summed E-state index contributed by atoms with van der Waals surface area (Å²) in [5.74, 6) is 1.94. The Balaban J connectivity index is 1.52. The molecule has 0 aliphatic carbocycles. The summed E-state index contributed by atoms with van der Waals surface area (Å²) < 4.78 is 21.5. The first kappa shape index (κ1) is 19.5. The third-order valence-corrected chi connectivity index (χ3v) is 4.43. The molecule has 1 aliphatic heterocycles. The monoisotopic (exact) mass is 388 g/mol. The van der Waals surface area contributed by atoms with E-state index in [1.807, 2.05) is 18.2 Å². The van der Waals surface area contributed by atoms with Crippen molar-refractivity contribution in [2.24, 2.45) is 0 Å². The molecule has 2 heterocycles. The number of urea groups is 1. The molecule has 0 saturated carbocycles. The van der Waals surface area contributed by atoms with Crippen LogP contribution in [0.2, 0.25) is 0 Å². The van der Waals surface area contributed by atoms with Crippen molar-refractivity contribution in [1.29, 1.82) is 0 Å². The summed E-state index contributed by atoms with van der Waals surface area (Å²) in [6.07, 6.45) is 3.63. The second kappa shape index (κ2) is 9.12. The average molecular weight is 388 g/mol. The Labute approximate surface area is 163 Å². The summed E-state index contributed by atoms with van der Waals surface area (Å²) >= 11 is 0. The van der Waals surface area contributed by atoms with Gasteiger partial charge in [-0.1, -0.05) is 6.07 Å². The number of aromatic nitrogens is 2. The Morgan fingerprint density at radius 3 is 2.57 bits per heavy atom. The van der Waals surface area contributed by atoms with Crippen LogP contribution in [0.25, 0.3) is 0 Å². The summed E-state index contributed by atoms with van der Waals surface area (Å²) in [5.41, 5.74) is 0.919. The maximum absolute atomic E-state index is 12.5. The zero-order valence-corrected chi connectivity index (χ0v) is 16.2. The summed E-state index contributed by atoms with van der Waals surface area (Å²) in [6.45, 7) is 1.46. The third-order valence-electron chi connectivity index (χ3n) is 4.43. The predicted molar refractivity (Wildman–Crippen MR) is 101 cm³/mol. The van der Waals surface area contributed by atoms with Gasteiger partial charge in [0.25, 0.3) is 11.8 Å². The van der Waals surface area contributed by atoms with Crippen molar-refractivity contribution >= 4 is 6.03 Å². The number of hydrogen-bond acceptors (Lipinski definition) is 7. The minimum absolute atomic E-state index is 0.146. The predicted octanol–water partition coefficient (Wildman–Crippen LogP) is 1.87. The molecule has 0 radical (unpaired) electrons. The van der Waals surface area contributed by atoms with E-state index < -0.39 is 0 Å². The van der Waals surface area contributed by atoms with Gasteiger partial charge in [0.1, 0.15) is 6.10 Å². The molecule has 150 valence electrons. The van der Waals surface area contributed by atoms with Crippen molar-refractivity contribution in [2.45, 2.75) is 19.1 Å². The van der Waals surface area contributed by atoms with E-state index in [0.717, 1.165) is 5.56 Å². The molecule has 1 aromatic carbocycles. The smallest absolute Gasteiger partial charge is 0.317 e. The van der Waals surface area contributed by atoms with Gasteiger partial charge < -0.3 is 29.2 Å². The fourth-order valence-electron chi connectivity index (χ4n) is 2.98. The van der Waals surface area contributed by atoms with E-state index in [0.29, 0.717) is 49.3 Å². The molecule has 9 nitrogen and oxygen atoms in total. The van der Waals surface area contributed by atoms with Crippen LogP contribution < -0.4 is 24.3 Å². The molecule has 1 N–H and O–H groups in total. The third kappa shape index (κ3) is 4.54. The fraction of sp³-hybridized carbons (Fsp3) is 0.421. The van der Waals surface area contributed by atoms with Crippen molar-refractivity contribution in [2.75, 3.05) is 34.4 Å². The lowest BCUT2D eigenvalue weighted by Gasteiger charge is -2.18. The maximum atomic E-state index is 12.5. The molecule has 2 amide bonds. The number of rotatable bonds is 7. The highest BCUT2D eigenvalue weighted by Gasteiger charge is 2.28. The van der Waals surface area contributed by atoms with E-state index in [1.165, 1.54) is 13.3 Å². The number of methoxy groups -OCH3 is 3. The SMILES string of the molecule is COc1ccc(CNC(=O)N2CC[C@@H](Oc3nccnc3OC)C2)cc1OC. The molecule has 3 rings (SSSR count). The largest absolute Gasteiger partial charge is 0.493 e. The fourth-order valence-corrected chi connectivity index (χ4v) is 2.98. The van der Waals surface area contributed by atoms with E-state index in [1.54, 1.807) is 25.3 Å². The van der Waals surface area contributed by atoms with Gasteiger partial charge in [-0.2, -0.15) is 0 Å². The summed E-state index contributed by atoms with van der Waals surface area (Å²) in [7, 11) is 4.68. The number of hydrogen-bond donors (Lipinski definition) is 1. The molecular formula is C19H24N4O5. The highest BCUT2D eigenvalue weighted by molar-refractivity contribution is 5.74. The summed E-state index contributed by atoms with van der Waals surface area (Å²) in [5, 5.41) is 2.92. The first-order valence-corrected chi connectivity index (χ1v) is 8.90. The van der Waals surface area contributed by atoms with Gasteiger partial charge in [-0.05, 0) is 17.7 Å². The number of ether oxygens (including phenoxy) is 4. The molecule has 2 aromatic rings. The number of carbonyl (C=O) groups is 1. The molecule has 1 aliphatic rings. The minimum atomic E-state index is -0.155. The van der Waals surface area contributed by atoms with Crippen LogP contribution >= 0.6 is 0 Å². The van der Waals surface area contributed by atoms with E-state index in [9.17, 15) is 4.79 Å². The van der Waals surface area contributed by atoms with Crippen LogP contribution in [0.3, 0.4) is 0 Å². The molecule has 28 heavy (non-hydrogen) atoms. The Morgan fingerprint density at radius 2 is 1.86 bits per heavy atom. The molecule has 0 bridgehead atoms. The normalized spacial score (nSPS) is 15.8. The molecule has 9 heteroatoms. The number of benzene rings is 1. The van der Waals surface area contributed by atoms with Gasteiger partial charge in [0, 0.05) is 31.9 Å². The van der Waals surface area contributed by atoms with Crippen molar-refractivity contribution in [3.63, 3.8) is 0 Å². The first-order chi connectivity index (χ1) is 13.6. The zero-order valence-electron chi connectivity index (χ0n) is 16.2. The number of carbonyl (C=O) groups excluding carboxylic acids is 1. The van der Waals surface area contributed by atoms with Gasteiger partial charge in [0.2, 0.25) is 0 Å². The lowest BCUT2D eigenvalue weighted by Crippen LogP contribution is -2.39. The number of nitrogens with one attached hydrogen (secondary N) is 1. The lowest BCUT2D eigenvalue weighted by atomic mass is 10.2. The van der Waals surface area contributed by atoms with Crippen molar-refractivity contribution < 1.29 is 23.7 Å². The van der Waals surface area contributed by atoms with Crippen LogP contribution in [0.1, 0.15) is 12.0 Å². The van der Waals surface area contributed by atoms with Gasteiger partial charge in [0.15, 0.2) is 11.5 Å². The minimum Gasteiger partial charge on any atom is -0.493 e. The van der Waals surface area contributed by atoms with Gasteiger partial charge >= 0.3 is 6.03 Å². The van der Waals surface area contributed by atoms with Gasteiger partial charge in [-0.25, -0.2) is 14.8 Å². The Kier molecular flexibility index (Phi) is 6.36. The molecular weight excluding hydrogens is 364 g/mol. The maximum Gasteiger partial charge on any atom is 0.317 e. The number of nitrogens with zero attached hydrogens (tertiary/aromatic N) is 3. The first-order valence-electron chi connectivity index (χ1n) is 8.90. The van der Waals surface area contributed by atoms with Crippen LogP contribution in [-0.4, -0.2) is 61.4 Å². The van der Waals surface area contributed by atoms with E-state index in [2.05, 4.69) is 15.3 Å². The van der Waals surface area contributed by atoms with Crippen molar-refractivity contribution in [3.05, 3.63) is 36.2 Å². The van der Waals surface area contributed by atoms with Gasteiger partial charge in [-0.3, -0.25) is 0 Å². The summed E-state index contributed by atoms with van der Waals surface area (Å²) in [4.78, 5) is 22.4. The Bertz CT molecular complexity index is 817. The molecule has 0 unspecified atom stereocenters. The molecule has 1 fully saturated rings. The standard InChI is InChI=1S/C19H24N4O5/c1-25-15-5-4-13(10-16(15)26-2)11-22-19(24)23-9-6-14(12-23)28-18-17(27-3)20-7-8-21-18/h4-5,7-8,10,14H,6,9,11-12H2,1-3H3,(H,22,24)/t14-/m1/s1. The summed E-state index contributed by atoms with van der Waals surface area (Å²) in [6, 6.07) is 5.40. The zero-order chi connectivity index (χ0) is 19.9. The highest BCUT2D eigenvalue weighted by atomic mass is 16.5. The topological polar surface area (TPSA) is 95.0 Å². The molecule has 1 saturated heterocycles. The quantitative estimate of drug-likeness (QED) is 0.774. The van der Waals surface area contributed by atoms with Crippen LogP contribution in [0, 0.1) is 0 Å².